The van der Waals surface area contributed by atoms with Gasteiger partial charge in [-0.1, -0.05) is 180 Å². The molecule has 650 valence electrons. The van der Waals surface area contributed by atoms with Gasteiger partial charge in [-0.25, -0.2) is 0 Å². The summed E-state index contributed by atoms with van der Waals surface area (Å²) < 4.78 is 56.1. The molecule has 0 atom stereocenters. The highest BCUT2D eigenvalue weighted by Crippen LogP contribution is 2.45. The number of amides is 2. The Balaban J connectivity index is 0.965. The summed E-state index contributed by atoms with van der Waals surface area (Å²) in [4.78, 5) is 28.7. The molecule has 0 aromatic heterocycles. The fourth-order valence-corrected chi connectivity index (χ4v) is 16.4. The summed E-state index contributed by atoms with van der Waals surface area (Å²) in [6.45, 7) is 24.3. The maximum atomic E-state index is 14.4. The lowest BCUT2D eigenvalue weighted by Gasteiger charge is -2.25. The predicted molar refractivity (Wildman–Crippen MR) is 487 cm³/mol. The Kier molecular flexibility index (Phi) is 38.1. The minimum Gasteiger partial charge on any atom is -0.493 e. The van der Waals surface area contributed by atoms with Gasteiger partial charge in [0.25, 0.3) is 0 Å². The van der Waals surface area contributed by atoms with Gasteiger partial charge in [0.15, 0.2) is 0 Å². The van der Waals surface area contributed by atoms with E-state index >= 15 is 0 Å². The molecule has 18 heteroatoms. The number of nitrogens with one attached hydrogen (secondary N) is 2. The lowest BCUT2D eigenvalue weighted by atomic mass is 9.88. The zero-order valence-electron chi connectivity index (χ0n) is 73.9. The Bertz CT molecular complexity index is 4110. The third-order valence-electron chi connectivity index (χ3n) is 22.9. The maximum absolute atomic E-state index is 14.4. The zero-order chi connectivity index (χ0) is 85.1. The van der Waals surface area contributed by atoms with Crippen molar-refractivity contribution < 1.29 is 47.5 Å². The molecule has 0 aliphatic heterocycles. The van der Waals surface area contributed by atoms with Crippen LogP contribution in [0.4, 0.5) is 0 Å². The van der Waals surface area contributed by atoms with Gasteiger partial charge in [-0.05, 0) is 222 Å². The van der Waals surface area contributed by atoms with Gasteiger partial charge in [0.05, 0.1) is 52.9 Å². The van der Waals surface area contributed by atoms with Crippen molar-refractivity contribution in [1.82, 2.24) is 10.6 Å². The quantitative estimate of drug-likeness (QED) is 0.0165. The van der Waals surface area contributed by atoms with Crippen LogP contribution in [-0.2, 0) is 113 Å². The molecule has 8 aromatic carbocycles. The Hall–Kier alpha value is -9.14. The molecule has 14 N–H and O–H groups in total. The van der Waals surface area contributed by atoms with E-state index in [0.717, 1.165) is 282 Å². The number of fused-ring (bicyclic) bond motifs is 16. The number of carbonyl (C=O) groups excluding carboxylic acids is 2. The van der Waals surface area contributed by atoms with Crippen molar-refractivity contribution in [2.45, 2.75) is 288 Å². The second-order valence-electron chi connectivity index (χ2n) is 33.0. The molecule has 10 rings (SSSR count). The van der Waals surface area contributed by atoms with Crippen LogP contribution in [-0.4, -0.2) is 64.7 Å². The lowest BCUT2D eigenvalue weighted by Crippen LogP contribution is -2.24. The largest absolute Gasteiger partial charge is 0.493 e. The van der Waals surface area contributed by atoms with Gasteiger partial charge in [0.1, 0.15) is 46.0 Å². The average Bonchev–Trinajstić information content (AvgIpc) is 0.774. The van der Waals surface area contributed by atoms with E-state index in [4.69, 9.17) is 72.3 Å². The van der Waals surface area contributed by atoms with Gasteiger partial charge < -0.3 is 82.9 Å². The Morgan fingerprint density at radius 1 is 0.225 bits per heavy atom. The van der Waals surface area contributed by atoms with Gasteiger partial charge in [-0.2, -0.15) is 0 Å². The maximum Gasteiger partial charge on any atom is 0.220 e. The van der Waals surface area contributed by atoms with Crippen LogP contribution in [0.25, 0.3) is 0 Å². The molecule has 0 unspecified atom stereocenters. The Morgan fingerprint density at radius 3 is 0.483 bits per heavy atom. The van der Waals surface area contributed by atoms with Gasteiger partial charge in [0.2, 0.25) is 11.8 Å². The number of rotatable bonds is 47. The molecule has 0 fully saturated rings. The molecule has 2 aliphatic rings. The van der Waals surface area contributed by atoms with Crippen LogP contribution in [0, 0.1) is 0 Å². The van der Waals surface area contributed by atoms with E-state index in [0.29, 0.717) is 156 Å². The van der Waals surface area contributed by atoms with Crippen molar-refractivity contribution in [3.63, 3.8) is 0 Å². The summed E-state index contributed by atoms with van der Waals surface area (Å²) >= 11 is 0. The first-order valence-electron chi connectivity index (χ1n) is 45.6. The zero-order valence-corrected chi connectivity index (χ0v) is 73.9. The summed E-state index contributed by atoms with van der Waals surface area (Å²) in [6.07, 6.45) is 20.3. The SMILES string of the molecule is CCCCOc1c2cc(CN)cc1Cc1cc(CN)cc(c1OCCCC)Cc1cc(CNC(=O)CCCCC(=O)NCc3cc4c(OCCCC)c(c3)Cc3cc(CN)cc(c3OCCCC)Cc3cc(CN)cc(c3OCCCC)Cc3cc(CN)cc(c3OCCCC)C4)cc(c1OCCCC)Cc1cc(CN)cc(c1OCCCC)C2. The van der Waals surface area contributed by atoms with E-state index in [1.165, 1.54) is 0 Å². The minimum absolute atomic E-state index is 0.102. The van der Waals surface area contributed by atoms with Crippen molar-refractivity contribution >= 4 is 11.8 Å². The van der Waals surface area contributed by atoms with E-state index in [2.05, 4.69) is 163 Å². The molecule has 2 aliphatic carbocycles. The van der Waals surface area contributed by atoms with Crippen LogP contribution >= 0.6 is 0 Å². The smallest absolute Gasteiger partial charge is 0.220 e. The topological polar surface area (TPSA) is 288 Å². The number of nitrogens with two attached hydrogens (primary N) is 6. The fraction of sp³-hybridized carbons (Fsp3) is 0.510. The first-order chi connectivity index (χ1) is 58.6. The number of unbranched alkanes of at least 4 members (excludes halogenated alkanes) is 9. The van der Waals surface area contributed by atoms with E-state index in [1.54, 1.807) is 0 Å². The molecule has 0 saturated carbocycles. The summed E-state index contributed by atoms with van der Waals surface area (Å²) in [5.41, 5.74) is 63.9. The summed E-state index contributed by atoms with van der Waals surface area (Å²) in [7, 11) is 0. The Labute approximate surface area is 717 Å². The van der Waals surface area contributed by atoms with E-state index in [-0.39, 0.29) is 37.7 Å². The first kappa shape index (κ1) is 93.1. The molecule has 18 nitrogen and oxygen atoms in total. The van der Waals surface area contributed by atoms with Crippen LogP contribution in [0.15, 0.2) is 97.1 Å². The third-order valence-corrected chi connectivity index (χ3v) is 22.9. The van der Waals surface area contributed by atoms with Crippen molar-refractivity contribution in [2.24, 2.45) is 34.4 Å². The molecule has 0 radical (unpaired) electrons. The summed E-state index contributed by atoms with van der Waals surface area (Å²) in [5, 5.41) is 6.64. The molecular formula is C102H142N8O10. The normalized spacial score (nSPS) is 12.4. The van der Waals surface area contributed by atoms with Crippen LogP contribution in [0.2, 0.25) is 0 Å². The third kappa shape index (κ3) is 26.2. The molecule has 0 saturated heterocycles. The van der Waals surface area contributed by atoms with Crippen molar-refractivity contribution in [3.05, 3.63) is 231 Å². The number of hydrogen-bond acceptors (Lipinski definition) is 16. The van der Waals surface area contributed by atoms with Crippen LogP contribution in [0.3, 0.4) is 0 Å². The second kappa shape index (κ2) is 49.1. The molecule has 16 bridgehead atoms. The van der Waals surface area contributed by atoms with Gasteiger partial charge >= 0.3 is 0 Å². The minimum atomic E-state index is -0.102. The Morgan fingerprint density at radius 2 is 0.358 bits per heavy atom. The number of ether oxygens (including phenoxy) is 8. The van der Waals surface area contributed by atoms with Crippen molar-refractivity contribution in [2.75, 3.05) is 52.9 Å². The number of benzene rings is 8. The van der Waals surface area contributed by atoms with Crippen LogP contribution < -0.4 is 82.9 Å². The van der Waals surface area contributed by atoms with Gasteiger partial charge in [0, 0.05) is 117 Å². The van der Waals surface area contributed by atoms with Gasteiger partial charge in [-0.3, -0.25) is 9.59 Å². The number of hydrogen-bond donors (Lipinski definition) is 8. The van der Waals surface area contributed by atoms with Crippen molar-refractivity contribution in [1.29, 1.82) is 0 Å². The molecule has 120 heavy (non-hydrogen) atoms. The predicted octanol–water partition coefficient (Wildman–Crippen LogP) is 18.7. The van der Waals surface area contributed by atoms with E-state index in [1.807, 2.05) is 0 Å². The van der Waals surface area contributed by atoms with Crippen molar-refractivity contribution in [3.8, 4) is 46.0 Å². The first-order valence-corrected chi connectivity index (χ1v) is 45.6. The molecule has 0 heterocycles. The highest BCUT2D eigenvalue weighted by molar-refractivity contribution is 5.77. The monoisotopic (exact) mass is 1640 g/mol. The number of carbonyl (C=O) groups is 2. The van der Waals surface area contributed by atoms with Crippen LogP contribution in [0.1, 0.15) is 317 Å². The summed E-state index contributed by atoms with van der Waals surface area (Å²) in [5.74, 6) is 6.45. The molecular weight excluding hydrogens is 1500 g/mol. The highest BCUT2D eigenvalue weighted by Gasteiger charge is 2.29. The fourth-order valence-electron chi connectivity index (χ4n) is 16.4. The van der Waals surface area contributed by atoms with Crippen LogP contribution in [0.5, 0.6) is 46.0 Å². The van der Waals surface area contributed by atoms with E-state index < -0.39 is 0 Å². The van der Waals surface area contributed by atoms with E-state index in [9.17, 15) is 9.59 Å². The average molecular weight is 1640 g/mol. The lowest BCUT2D eigenvalue weighted by molar-refractivity contribution is -0.123. The summed E-state index contributed by atoms with van der Waals surface area (Å²) in [6, 6.07) is 35.2. The highest BCUT2D eigenvalue weighted by atomic mass is 16.5. The molecule has 2 amide bonds. The van der Waals surface area contributed by atoms with Gasteiger partial charge in [-0.15, -0.1) is 0 Å². The second-order valence-corrected chi connectivity index (χ2v) is 33.0. The molecule has 0 spiro atoms. The standard InChI is InChI=1S/C102H142N8O10/c1-9-17-29-113-95-77-37-69(61-103)38-78(95)54-82-42-72(64-106)46-86(98(82)116-32-20-12-4)58-90-50-75(49-89(101(90)119-35-23-15-7)57-85-45-71(63-105)41-81(53-77)97(85)115-31-19-11-3)67-109-93(111)27-25-26-28-94(112)110-68-76-51-91-59-87-47-73(65-107)43-83(99(87)117-33-21-13-5)55-79-39-70(62-104)40-80(96(79)114-30-18-10-2)56-84-44-74(66-108)48-88(100(84)118-34-22-14-6)60-92(52-76)102(91)120-36-24-16-8/h37-52H,9-36,53-68,103-108H2,1-8H3,(H,109,111)(H,110,112). The molecule has 8 aromatic rings.